The van der Waals surface area contributed by atoms with E-state index in [4.69, 9.17) is 0 Å². The number of nitrogens with zero attached hydrogens (tertiary/aromatic N) is 3. The van der Waals surface area contributed by atoms with Crippen molar-refractivity contribution in [2.45, 2.75) is 26.9 Å². The Morgan fingerprint density at radius 2 is 2.00 bits per heavy atom. The van der Waals surface area contributed by atoms with Gasteiger partial charge in [0.15, 0.2) is 0 Å². The molecule has 1 aromatic heterocycles. The molecule has 0 aliphatic rings. The van der Waals surface area contributed by atoms with Gasteiger partial charge in [0.05, 0.1) is 18.4 Å². The Morgan fingerprint density at radius 1 is 1.24 bits per heavy atom. The lowest BCUT2D eigenvalue weighted by atomic mass is 10.2. The average Bonchev–Trinajstić information content (AvgIpc) is 2.95. The number of likely N-dealkylation sites (N-methyl/N-ethyl adjacent to an activating group) is 1. The Morgan fingerprint density at radius 3 is 2.71 bits per heavy atom. The first-order valence-corrected chi connectivity index (χ1v) is 8.24. The van der Waals surface area contributed by atoms with E-state index in [0.717, 1.165) is 42.9 Å². The molecule has 1 heterocycles. The molecule has 21 heavy (non-hydrogen) atoms. The maximum absolute atomic E-state index is 4.41. The van der Waals surface area contributed by atoms with Gasteiger partial charge in [-0.3, -0.25) is 4.68 Å². The molecule has 0 aliphatic carbocycles. The molecule has 0 bridgehead atoms. The molecule has 0 amide bonds. The van der Waals surface area contributed by atoms with Gasteiger partial charge in [-0.25, -0.2) is 0 Å². The van der Waals surface area contributed by atoms with Crippen molar-refractivity contribution in [1.82, 2.24) is 14.7 Å². The van der Waals surface area contributed by atoms with Crippen LogP contribution in [-0.4, -0.2) is 34.3 Å². The second-order valence-corrected chi connectivity index (χ2v) is 5.82. The van der Waals surface area contributed by atoms with E-state index in [1.807, 2.05) is 16.9 Å². The minimum Gasteiger partial charge on any atom is -0.378 e. The summed E-state index contributed by atoms with van der Waals surface area (Å²) < 4.78 is 3.13. The highest BCUT2D eigenvalue weighted by atomic mass is 79.9. The van der Waals surface area contributed by atoms with Crippen LogP contribution in [0.2, 0.25) is 0 Å². The fraction of sp³-hybridized carbons (Fsp3) is 0.438. The average molecular weight is 351 g/mol. The van der Waals surface area contributed by atoms with Gasteiger partial charge in [-0.2, -0.15) is 5.10 Å². The Bertz CT molecular complexity index is 549. The second kappa shape index (κ2) is 8.20. The summed E-state index contributed by atoms with van der Waals surface area (Å²) in [6.07, 6.45) is 3.96. The molecular weight excluding hydrogens is 328 g/mol. The third kappa shape index (κ3) is 4.86. The third-order valence-electron chi connectivity index (χ3n) is 3.61. The van der Waals surface area contributed by atoms with Crippen LogP contribution in [0.1, 0.15) is 19.4 Å². The molecule has 0 radical (unpaired) electrons. The van der Waals surface area contributed by atoms with Gasteiger partial charge in [0.25, 0.3) is 0 Å². The quantitative estimate of drug-likeness (QED) is 0.789. The van der Waals surface area contributed by atoms with Crippen molar-refractivity contribution in [3.8, 4) is 0 Å². The molecule has 0 saturated carbocycles. The third-order valence-corrected chi connectivity index (χ3v) is 4.39. The van der Waals surface area contributed by atoms with Crippen LogP contribution in [0.15, 0.2) is 41.1 Å². The van der Waals surface area contributed by atoms with Crippen molar-refractivity contribution in [2.75, 3.05) is 25.0 Å². The Hall–Kier alpha value is -1.33. The molecule has 2 rings (SSSR count). The predicted molar refractivity (Wildman–Crippen MR) is 91.5 cm³/mol. The predicted octanol–water partition coefficient (Wildman–Crippen LogP) is 3.60. The zero-order valence-electron chi connectivity index (χ0n) is 12.7. The summed E-state index contributed by atoms with van der Waals surface area (Å²) >= 11 is 3.57. The van der Waals surface area contributed by atoms with Gasteiger partial charge >= 0.3 is 0 Å². The number of aromatic nitrogens is 2. The molecule has 5 heteroatoms. The minimum absolute atomic E-state index is 0.795. The van der Waals surface area contributed by atoms with Crippen molar-refractivity contribution in [3.63, 3.8) is 0 Å². The largest absolute Gasteiger partial charge is 0.378 e. The molecule has 0 spiro atoms. The van der Waals surface area contributed by atoms with Crippen molar-refractivity contribution >= 4 is 21.6 Å². The lowest BCUT2D eigenvalue weighted by molar-refractivity contribution is 0.285. The topological polar surface area (TPSA) is 33.1 Å². The first-order valence-electron chi connectivity index (χ1n) is 7.45. The molecule has 0 atom stereocenters. The number of rotatable bonds is 8. The number of nitrogens with one attached hydrogen (secondary N) is 1. The van der Waals surface area contributed by atoms with E-state index < -0.39 is 0 Å². The van der Waals surface area contributed by atoms with Gasteiger partial charge in [0, 0.05) is 23.8 Å². The number of benzene rings is 1. The lowest BCUT2D eigenvalue weighted by Gasteiger charge is -2.17. The van der Waals surface area contributed by atoms with E-state index >= 15 is 0 Å². The molecule has 1 N–H and O–H groups in total. The lowest BCUT2D eigenvalue weighted by Crippen LogP contribution is -2.27. The highest BCUT2D eigenvalue weighted by Gasteiger charge is 2.03. The number of hydrogen-bond acceptors (Lipinski definition) is 3. The summed E-state index contributed by atoms with van der Waals surface area (Å²) in [6, 6.07) is 8.25. The molecular formula is C16H23BrN4. The molecule has 2 aromatic rings. The fourth-order valence-electron chi connectivity index (χ4n) is 2.20. The number of halogens is 1. The van der Waals surface area contributed by atoms with Crippen LogP contribution in [0.4, 0.5) is 5.69 Å². The number of anilines is 1. The zero-order valence-corrected chi connectivity index (χ0v) is 14.3. The van der Waals surface area contributed by atoms with Crippen molar-refractivity contribution in [2.24, 2.45) is 0 Å². The van der Waals surface area contributed by atoms with Gasteiger partial charge in [-0.15, -0.1) is 0 Å². The van der Waals surface area contributed by atoms with Crippen LogP contribution in [-0.2, 0) is 13.1 Å². The van der Waals surface area contributed by atoms with E-state index in [1.54, 1.807) is 0 Å². The van der Waals surface area contributed by atoms with Crippen LogP contribution in [0.5, 0.6) is 0 Å². The molecule has 0 unspecified atom stereocenters. The van der Waals surface area contributed by atoms with Crippen molar-refractivity contribution < 1.29 is 0 Å². The molecule has 0 aliphatic heterocycles. The van der Waals surface area contributed by atoms with Gasteiger partial charge in [0.2, 0.25) is 0 Å². The van der Waals surface area contributed by atoms with Crippen LogP contribution in [0.3, 0.4) is 0 Å². The first-order chi connectivity index (χ1) is 10.2. The summed E-state index contributed by atoms with van der Waals surface area (Å²) in [5, 5.41) is 7.82. The van der Waals surface area contributed by atoms with E-state index in [2.05, 4.69) is 69.5 Å². The van der Waals surface area contributed by atoms with Crippen molar-refractivity contribution in [3.05, 3.63) is 46.7 Å². The van der Waals surface area contributed by atoms with E-state index in [9.17, 15) is 0 Å². The molecule has 0 saturated heterocycles. The van der Waals surface area contributed by atoms with Gasteiger partial charge in [0.1, 0.15) is 0 Å². The SMILES string of the molecule is CCN(CC)CCn1cc(NCc2ccccc2Br)cn1. The Balaban J connectivity index is 1.84. The highest BCUT2D eigenvalue weighted by molar-refractivity contribution is 9.10. The molecule has 0 fully saturated rings. The van der Waals surface area contributed by atoms with Gasteiger partial charge in [-0.05, 0) is 24.7 Å². The summed E-state index contributed by atoms with van der Waals surface area (Å²) in [7, 11) is 0. The van der Waals surface area contributed by atoms with Gasteiger partial charge in [-0.1, -0.05) is 48.0 Å². The zero-order chi connectivity index (χ0) is 15.1. The first kappa shape index (κ1) is 16.0. The Labute approximate surface area is 135 Å². The van der Waals surface area contributed by atoms with E-state index in [-0.39, 0.29) is 0 Å². The van der Waals surface area contributed by atoms with Crippen LogP contribution in [0.25, 0.3) is 0 Å². The standard InChI is InChI=1S/C16H23BrN4/c1-3-20(4-2)9-10-21-13-15(12-19-21)18-11-14-7-5-6-8-16(14)17/h5-8,12-13,18H,3-4,9-11H2,1-2H3. The van der Waals surface area contributed by atoms with E-state index in [0.29, 0.717) is 0 Å². The normalized spacial score (nSPS) is 11.0. The van der Waals surface area contributed by atoms with Crippen molar-refractivity contribution in [1.29, 1.82) is 0 Å². The minimum atomic E-state index is 0.795. The van der Waals surface area contributed by atoms with E-state index in [1.165, 1.54) is 5.56 Å². The molecule has 114 valence electrons. The molecule has 4 nitrogen and oxygen atoms in total. The summed E-state index contributed by atoms with van der Waals surface area (Å²) in [6.45, 7) is 9.32. The van der Waals surface area contributed by atoms with Crippen LogP contribution < -0.4 is 5.32 Å². The smallest absolute Gasteiger partial charge is 0.0729 e. The monoisotopic (exact) mass is 350 g/mol. The fourth-order valence-corrected chi connectivity index (χ4v) is 2.62. The maximum Gasteiger partial charge on any atom is 0.0729 e. The second-order valence-electron chi connectivity index (χ2n) is 4.96. The summed E-state index contributed by atoms with van der Waals surface area (Å²) in [5.74, 6) is 0. The van der Waals surface area contributed by atoms with Crippen LogP contribution in [0, 0.1) is 0 Å². The highest BCUT2D eigenvalue weighted by Crippen LogP contribution is 2.17. The number of hydrogen-bond donors (Lipinski definition) is 1. The maximum atomic E-state index is 4.41. The Kier molecular flexibility index (Phi) is 6.26. The molecule has 1 aromatic carbocycles. The van der Waals surface area contributed by atoms with Gasteiger partial charge < -0.3 is 10.2 Å². The summed E-state index contributed by atoms with van der Waals surface area (Å²) in [5.41, 5.74) is 2.30. The van der Waals surface area contributed by atoms with Crippen LogP contribution >= 0.6 is 15.9 Å². The summed E-state index contributed by atoms with van der Waals surface area (Å²) in [4.78, 5) is 2.40.